The van der Waals surface area contributed by atoms with Gasteiger partial charge in [-0.2, -0.15) is 0 Å². The molecular weight excluding hydrogens is 262 g/mol. The highest BCUT2D eigenvalue weighted by molar-refractivity contribution is 6.20. The van der Waals surface area contributed by atoms with Gasteiger partial charge in [-0.3, -0.25) is 9.59 Å². The zero-order valence-corrected chi connectivity index (χ0v) is 11.3. The zero-order valence-electron chi connectivity index (χ0n) is 11.3. The van der Waals surface area contributed by atoms with Crippen LogP contribution in [0.25, 0.3) is 0 Å². The minimum absolute atomic E-state index is 0.231. The van der Waals surface area contributed by atoms with Crippen molar-refractivity contribution in [2.75, 3.05) is 7.11 Å². The predicted octanol–water partition coefficient (Wildman–Crippen LogP) is 1.56. The quantitative estimate of drug-likeness (QED) is 0.764. The number of carbonyl (C=O) groups excluding carboxylic acids is 3. The van der Waals surface area contributed by atoms with Crippen molar-refractivity contribution in [3.8, 4) is 0 Å². The van der Waals surface area contributed by atoms with Gasteiger partial charge in [0.15, 0.2) is 6.10 Å². The lowest BCUT2D eigenvalue weighted by Gasteiger charge is -2.17. The number of benzene rings is 1. The van der Waals surface area contributed by atoms with E-state index in [-0.39, 0.29) is 11.1 Å². The van der Waals surface area contributed by atoms with Gasteiger partial charge < -0.3 is 9.57 Å². The van der Waals surface area contributed by atoms with Crippen molar-refractivity contribution in [3.63, 3.8) is 0 Å². The SMILES string of the molecule is CCCC(OC)C(=O)ON1C(=O)c2ccccc2C1=O. The lowest BCUT2D eigenvalue weighted by Crippen LogP contribution is -2.37. The number of fused-ring (bicyclic) bond motifs is 1. The molecule has 6 nitrogen and oxygen atoms in total. The van der Waals surface area contributed by atoms with Crippen LogP contribution >= 0.6 is 0 Å². The van der Waals surface area contributed by atoms with Crippen LogP contribution < -0.4 is 0 Å². The number of nitrogens with zero attached hydrogens (tertiary/aromatic N) is 1. The highest BCUT2D eigenvalue weighted by Gasteiger charge is 2.39. The van der Waals surface area contributed by atoms with Gasteiger partial charge in [-0.05, 0) is 18.6 Å². The number of carbonyl (C=O) groups is 3. The largest absolute Gasteiger partial charge is 0.370 e. The summed E-state index contributed by atoms with van der Waals surface area (Å²) in [6.45, 7) is 1.89. The van der Waals surface area contributed by atoms with Crippen molar-refractivity contribution >= 4 is 17.8 Å². The molecule has 0 aliphatic carbocycles. The summed E-state index contributed by atoms with van der Waals surface area (Å²) < 4.78 is 4.99. The Kier molecular flexibility index (Phi) is 4.14. The molecule has 6 heteroatoms. The topological polar surface area (TPSA) is 72.9 Å². The van der Waals surface area contributed by atoms with E-state index in [2.05, 4.69) is 0 Å². The average molecular weight is 277 g/mol. The van der Waals surface area contributed by atoms with Crippen molar-refractivity contribution in [2.45, 2.75) is 25.9 Å². The summed E-state index contributed by atoms with van der Waals surface area (Å²) in [5.41, 5.74) is 0.463. The summed E-state index contributed by atoms with van der Waals surface area (Å²) in [5.74, 6) is -2.01. The van der Waals surface area contributed by atoms with E-state index in [1.165, 1.54) is 19.2 Å². The van der Waals surface area contributed by atoms with Crippen LogP contribution in [0, 0.1) is 0 Å². The maximum Gasteiger partial charge on any atom is 0.361 e. The molecule has 1 unspecified atom stereocenters. The molecule has 106 valence electrons. The number of hydrogen-bond donors (Lipinski definition) is 0. The Morgan fingerprint density at radius 2 is 1.75 bits per heavy atom. The standard InChI is InChI=1S/C14H15NO5/c1-3-6-11(19-2)14(18)20-15-12(16)9-7-4-5-8-10(9)13(15)17/h4-5,7-8,11H,3,6H2,1-2H3. The van der Waals surface area contributed by atoms with Gasteiger partial charge >= 0.3 is 5.97 Å². The summed E-state index contributed by atoms with van der Waals surface area (Å²) in [6.07, 6.45) is 0.387. The number of rotatable bonds is 5. The molecule has 1 aromatic rings. The fourth-order valence-electron chi connectivity index (χ4n) is 1.99. The third-order valence-corrected chi connectivity index (χ3v) is 3.04. The molecule has 0 spiro atoms. The first-order valence-corrected chi connectivity index (χ1v) is 6.32. The zero-order chi connectivity index (χ0) is 14.7. The minimum Gasteiger partial charge on any atom is -0.370 e. The molecule has 1 aromatic carbocycles. The fraction of sp³-hybridized carbons (Fsp3) is 0.357. The van der Waals surface area contributed by atoms with Crippen molar-refractivity contribution in [3.05, 3.63) is 35.4 Å². The van der Waals surface area contributed by atoms with E-state index in [0.717, 1.165) is 6.42 Å². The molecule has 2 rings (SSSR count). The van der Waals surface area contributed by atoms with E-state index >= 15 is 0 Å². The molecule has 0 radical (unpaired) electrons. The lowest BCUT2D eigenvalue weighted by atomic mass is 10.1. The van der Waals surface area contributed by atoms with Gasteiger partial charge in [0.05, 0.1) is 11.1 Å². The van der Waals surface area contributed by atoms with E-state index < -0.39 is 23.9 Å². The summed E-state index contributed by atoms with van der Waals surface area (Å²) in [4.78, 5) is 40.8. The van der Waals surface area contributed by atoms with Gasteiger partial charge in [0, 0.05) is 7.11 Å². The summed E-state index contributed by atoms with van der Waals surface area (Å²) in [5, 5.41) is 0.495. The monoisotopic (exact) mass is 277 g/mol. The number of hydrogen-bond acceptors (Lipinski definition) is 5. The molecule has 0 saturated heterocycles. The van der Waals surface area contributed by atoms with Gasteiger partial charge in [0.2, 0.25) is 0 Å². The van der Waals surface area contributed by atoms with Gasteiger partial charge in [-0.25, -0.2) is 4.79 Å². The number of imide groups is 1. The van der Waals surface area contributed by atoms with Crippen LogP contribution in [-0.2, 0) is 14.4 Å². The second-order valence-electron chi connectivity index (χ2n) is 4.37. The van der Waals surface area contributed by atoms with Crippen LogP contribution in [0.2, 0.25) is 0 Å². The number of amides is 2. The average Bonchev–Trinajstić information content (AvgIpc) is 2.70. The molecule has 0 N–H and O–H groups in total. The van der Waals surface area contributed by atoms with Crippen molar-refractivity contribution in [1.29, 1.82) is 0 Å². The van der Waals surface area contributed by atoms with Gasteiger partial charge in [-0.15, -0.1) is 0 Å². The molecule has 20 heavy (non-hydrogen) atoms. The van der Waals surface area contributed by atoms with Crippen LogP contribution in [-0.4, -0.2) is 36.1 Å². The van der Waals surface area contributed by atoms with Crippen LogP contribution in [0.3, 0.4) is 0 Å². The normalized spacial score (nSPS) is 15.2. The Morgan fingerprint density at radius 3 is 2.20 bits per heavy atom. The highest BCUT2D eigenvalue weighted by Crippen LogP contribution is 2.23. The Labute approximate surface area is 116 Å². The summed E-state index contributed by atoms with van der Waals surface area (Å²) >= 11 is 0. The van der Waals surface area contributed by atoms with E-state index in [4.69, 9.17) is 9.57 Å². The minimum atomic E-state index is -0.788. The lowest BCUT2D eigenvalue weighted by molar-refractivity contribution is -0.180. The van der Waals surface area contributed by atoms with E-state index in [0.29, 0.717) is 11.5 Å². The van der Waals surface area contributed by atoms with E-state index in [1.54, 1.807) is 12.1 Å². The molecule has 1 heterocycles. The first-order chi connectivity index (χ1) is 9.60. The first-order valence-electron chi connectivity index (χ1n) is 6.32. The van der Waals surface area contributed by atoms with Crippen molar-refractivity contribution in [2.24, 2.45) is 0 Å². The molecule has 0 fully saturated rings. The third kappa shape index (κ3) is 2.42. The van der Waals surface area contributed by atoms with Crippen molar-refractivity contribution in [1.82, 2.24) is 5.06 Å². The Hall–Kier alpha value is -2.21. The molecule has 1 aliphatic heterocycles. The van der Waals surface area contributed by atoms with Crippen LogP contribution in [0.5, 0.6) is 0 Å². The molecule has 1 aliphatic rings. The summed E-state index contributed by atoms with van der Waals surface area (Å²) in [6, 6.07) is 6.32. The second kappa shape index (κ2) is 5.83. The van der Waals surface area contributed by atoms with Gasteiger partial charge in [0.25, 0.3) is 11.8 Å². The molecular formula is C14H15NO5. The predicted molar refractivity (Wildman–Crippen MR) is 68.7 cm³/mol. The van der Waals surface area contributed by atoms with Crippen LogP contribution in [0.1, 0.15) is 40.5 Å². The fourth-order valence-corrected chi connectivity index (χ4v) is 1.99. The Morgan fingerprint density at radius 1 is 1.20 bits per heavy atom. The second-order valence-corrected chi connectivity index (χ2v) is 4.37. The third-order valence-electron chi connectivity index (χ3n) is 3.04. The maximum atomic E-state index is 12.0. The molecule has 0 saturated carbocycles. The van der Waals surface area contributed by atoms with E-state index in [1.807, 2.05) is 6.92 Å². The maximum absolute atomic E-state index is 12.0. The molecule has 0 aromatic heterocycles. The van der Waals surface area contributed by atoms with E-state index in [9.17, 15) is 14.4 Å². The van der Waals surface area contributed by atoms with Crippen LogP contribution in [0.15, 0.2) is 24.3 Å². The smallest absolute Gasteiger partial charge is 0.361 e. The van der Waals surface area contributed by atoms with Gasteiger partial charge in [0.1, 0.15) is 0 Å². The Bertz CT molecular complexity index is 519. The number of methoxy groups -OCH3 is 1. The molecule has 0 bridgehead atoms. The van der Waals surface area contributed by atoms with Crippen LogP contribution in [0.4, 0.5) is 0 Å². The molecule has 1 atom stereocenters. The summed E-state index contributed by atoms with van der Waals surface area (Å²) in [7, 11) is 1.38. The first kappa shape index (κ1) is 14.2. The van der Waals surface area contributed by atoms with Crippen molar-refractivity contribution < 1.29 is 24.0 Å². The Balaban J connectivity index is 2.14. The molecule has 2 amide bonds. The number of hydroxylamine groups is 2. The number of ether oxygens (including phenoxy) is 1. The van der Waals surface area contributed by atoms with Gasteiger partial charge in [-0.1, -0.05) is 30.5 Å². The highest BCUT2D eigenvalue weighted by atomic mass is 16.7.